The quantitative estimate of drug-likeness (QED) is 0.854. The molecular weight excluding hydrogens is 233 g/mol. The van der Waals surface area contributed by atoms with Gasteiger partial charge in [-0.1, -0.05) is 13.8 Å². The van der Waals surface area contributed by atoms with Crippen molar-refractivity contribution in [3.63, 3.8) is 0 Å². The van der Waals surface area contributed by atoms with Gasteiger partial charge < -0.3 is 11.1 Å². The summed E-state index contributed by atoms with van der Waals surface area (Å²) >= 11 is 0. The van der Waals surface area contributed by atoms with E-state index in [0.717, 1.165) is 6.07 Å². The van der Waals surface area contributed by atoms with E-state index >= 15 is 0 Å². The molecule has 0 aliphatic carbocycles. The van der Waals surface area contributed by atoms with Crippen LogP contribution in [0.5, 0.6) is 0 Å². The molecule has 1 atom stereocenters. The van der Waals surface area contributed by atoms with Crippen molar-refractivity contribution >= 4 is 11.6 Å². The lowest BCUT2D eigenvalue weighted by Gasteiger charge is -2.18. The fourth-order valence-corrected chi connectivity index (χ4v) is 1.61. The Labute approximate surface area is 106 Å². The Morgan fingerprint density at radius 1 is 1.56 bits per heavy atom. The summed E-state index contributed by atoms with van der Waals surface area (Å²) < 4.78 is 13.1. The monoisotopic (exact) mass is 249 g/mol. The van der Waals surface area contributed by atoms with Gasteiger partial charge in [0.05, 0.1) is 11.5 Å². The molecule has 1 aromatic carbocycles. The van der Waals surface area contributed by atoms with Gasteiger partial charge in [-0.2, -0.15) is 5.26 Å². The number of amides is 1. The minimum atomic E-state index is -0.602. The van der Waals surface area contributed by atoms with Crippen LogP contribution in [0.1, 0.15) is 19.4 Å². The zero-order valence-corrected chi connectivity index (χ0v) is 10.4. The average Bonchev–Trinajstić information content (AvgIpc) is 2.32. The second kappa shape index (κ2) is 6.12. The molecule has 0 spiro atoms. The van der Waals surface area contributed by atoms with Crippen LogP contribution in [0.3, 0.4) is 0 Å². The van der Waals surface area contributed by atoms with Crippen LogP contribution in [0.15, 0.2) is 18.2 Å². The SMILES string of the molecule is CC(C)C(CN)C(=O)Nc1ccc(F)c(C#N)c1. The number of benzene rings is 1. The number of nitrogens with two attached hydrogens (primary N) is 1. The summed E-state index contributed by atoms with van der Waals surface area (Å²) in [6.07, 6.45) is 0. The van der Waals surface area contributed by atoms with Crippen LogP contribution in [0.2, 0.25) is 0 Å². The summed E-state index contributed by atoms with van der Waals surface area (Å²) in [6, 6.07) is 5.60. The van der Waals surface area contributed by atoms with Crippen molar-refractivity contribution in [2.75, 3.05) is 11.9 Å². The van der Waals surface area contributed by atoms with Crippen LogP contribution in [0.4, 0.5) is 10.1 Å². The molecule has 0 bridgehead atoms. The first-order valence-corrected chi connectivity index (χ1v) is 5.70. The smallest absolute Gasteiger partial charge is 0.229 e. The van der Waals surface area contributed by atoms with Gasteiger partial charge in [-0.3, -0.25) is 4.79 Å². The van der Waals surface area contributed by atoms with Crippen molar-refractivity contribution in [3.05, 3.63) is 29.6 Å². The largest absolute Gasteiger partial charge is 0.330 e. The van der Waals surface area contributed by atoms with Gasteiger partial charge >= 0.3 is 0 Å². The summed E-state index contributed by atoms with van der Waals surface area (Å²) in [5.74, 6) is -1.01. The maximum Gasteiger partial charge on any atom is 0.229 e. The molecule has 0 aromatic heterocycles. The van der Waals surface area contributed by atoms with Gasteiger partial charge in [0, 0.05) is 12.2 Å². The highest BCUT2D eigenvalue weighted by Crippen LogP contribution is 2.17. The molecular formula is C13H16FN3O. The third-order valence-corrected chi connectivity index (χ3v) is 2.75. The van der Waals surface area contributed by atoms with E-state index in [9.17, 15) is 9.18 Å². The maximum atomic E-state index is 13.1. The fraction of sp³-hybridized carbons (Fsp3) is 0.385. The Balaban J connectivity index is 2.85. The summed E-state index contributed by atoms with van der Waals surface area (Å²) in [5, 5.41) is 11.3. The van der Waals surface area contributed by atoms with Crippen molar-refractivity contribution in [1.82, 2.24) is 0 Å². The molecule has 0 aliphatic rings. The Kier molecular flexibility index (Phi) is 4.81. The van der Waals surface area contributed by atoms with Crippen LogP contribution in [-0.2, 0) is 4.79 Å². The highest BCUT2D eigenvalue weighted by molar-refractivity contribution is 5.93. The predicted octanol–water partition coefficient (Wildman–Crippen LogP) is 1.87. The molecule has 4 nitrogen and oxygen atoms in total. The number of carbonyl (C=O) groups is 1. The molecule has 1 amide bonds. The summed E-state index contributed by atoms with van der Waals surface area (Å²) in [5.41, 5.74) is 5.84. The standard InChI is InChI=1S/C13H16FN3O/c1-8(2)11(7-16)13(18)17-10-3-4-12(14)9(5-10)6-15/h3-5,8,11H,7,16H2,1-2H3,(H,17,18). The van der Waals surface area contributed by atoms with Crippen LogP contribution >= 0.6 is 0 Å². The van der Waals surface area contributed by atoms with Crippen molar-refractivity contribution in [3.8, 4) is 6.07 Å². The third kappa shape index (κ3) is 3.28. The van der Waals surface area contributed by atoms with Gasteiger partial charge in [0.1, 0.15) is 11.9 Å². The summed E-state index contributed by atoms with van der Waals surface area (Å²) in [6.45, 7) is 4.06. The molecule has 1 rings (SSSR count). The Morgan fingerprint density at radius 3 is 2.72 bits per heavy atom. The second-order valence-corrected chi connectivity index (χ2v) is 4.38. The number of rotatable bonds is 4. The molecule has 0 radical (unpaired) electrons. The number of nitrogens with one attached hydrogen (secondary N) is 1. The van der Waals surface area contributed by atoms with Gasteiger partial charge in [-0.05, 0) is 24.1 Å². The second-order valence-electron chi connectivity index (χ2n) is 4.38. The van der Waals surface area contributed by atoms with Gasteiger partial charge in [0.25, 0.3) is 0 Å². The first kappa shape index (κ1) is 14.1. The summed E-state index contributed by atoms with van der Waals surface area (Å²) in [4.78, 5) is 11.9. The average molecular weight is 249 g/mol. The first-order valence-electron chi connectivity index (χ1n) is 5.70. The first-order chi connectivity index (χ1) is 8.49. The zero-order valence-electron chi connectivity index (χ0n) is 10.4. The van der Waals surface area contributed by atoms with Crippen LogP contribution in [-0.4, -0.2) is 12.5 Å². The highest BCUT2D eigenvalue weighted by Gasteiger charge is 2.20. The molecule has 1 unspecified atom stereocenters. The highest BCUT2D eigenvalue weighted by atomic mass is 19.1. The van der Waals surface area contributed by atoms with E-state index in [0.29, 0.717) is 5.69 Å². The molecule has 0 saturated carbocycles. The van der Waals surface area contributed by atoms with E-state index in [-0.39, 0.29) is 29.9 Å². The van der Waals surface area contributed by atoms with E-state index in [1.165, 1.54) is 12.1 Å². The Morgan fingerprint density at radius 2 is 2.22 bits per heavy atom. The molecule has 0 saturated heterocycles. The lowest BCUT2D eigenvalue weighted by Crippen LogP contribution is -2.33. The van der Waals surface area contributed by atoms with Gasteiger partial charge in [0.15, 0.2) is 0 Å². The van der Waals surface area contributed by atoms with Crippen LogP contribution < -0.4 is 11.1 Å². The van der Waals surface area contributed by atoms with E-state index < -0.39 is 5.82 Å². The van der Waals surface area contributed by atoms with E-state index in [1.54, 1.807) is 6.07 Å². The van der Waals surface area contributed by atoms with E-state index in [4.69, 9.17) is 11.0 Å². The topological polar surface area (TPSA) is 78.9 Å². The minimum absolute atomic E-state index is 0.0957. The maximum absolute atomic E-state index is 13.1. The number of nitrogens with zero attached hydrogens (tertiary/aromatic N) is 1. The number of carbonyl (C=O) groups excluding carboxylic acids is 1. The number of halogens is 1. The lowest BCUT2D eigenvalue weighted by molar-refractivity contribution is -0.120. The van der Waals surface area contributed by atoms with E-state index in [2.05, 4.69) is 5.32 Å². The fourth-order valence-electron chi connectivity index (χ4n) is 1.61. The molecule has 1 aromatic rings. The van der Waals surface area contributed by atoms with Crippen molar-refractivity contribution in [2.24, 2.45) is 17.6 Å². The van der Waals surface area contributed by atoms with Gasteiger partial charge in [-0.15, -0.1) is 0 Å². The van der Waals surface area contributed by atoms with Gasteiger partial charge in [0.2, 0.25) is 5.91 Å². The van der Waals surface area contributed by atoms with Crippen molar-refractivity contribution in [1.29, 1.82) is 5.26 Å². The molecule has 5 heteroatoms. The Hall–Kier alpha value is -1.93. The molecule has 3 N–H and O–H groups in total. The lowest BCUT2D eigenvalue weighted by atomic mass is 9.95. The van der Waals surface area contributed by atoms with Crippen molar-refractivity contribution in [2.45, 2.75) is 13.8 Å². The van der Waals surface area contributed by atoms with Crippen molar-refractivity contribution < 1.29 is 9.18 Å². The van der Waals surface area contributed by atoms with E-state index in [1.807, 2.05) is 13.8 Å². The molecule has 0 fully saturated rings. The molecule has 18 heavy (non-hydrogen) atoms. The number of anilines is 1. The van der Waals surface area contributed by atoms with Crippen LogP contribution in [0.25, 0.3) is 0 Å². The molecule has 0 heterocycles. The number of hydrogen-bond donors (Lipinski definition) is 2. The minimum Gasteiger partial charge on any atom is -0.330 e. The predicted molar refractivity (Wildman–Crippen MR) is 67.1 cm³/mol. The van der Waals surface area contributed by atoms with Crippen LogP contribution in [0, 0.1) is 29.0 Å². The summed E-state index contributed by atoms with van der Waals surface area (Å²) in [7, 11) is 0. The Bertz CT molecular complexity index is 480. The molecule has 0 aliphatic heterocycles. The van der Waals surface area contributed by atoms with Gasteiger partial charge in [-0.25, -0.2) is 4.39 Å². The number of nitriles is 1. The number of hydrogen-bond acceptors (Lipinski definition) is 3. The zero-order chi connectivity index (χ0) is 13.7. The third-order valence-electron chi connectivity index (χ3n) is 2.75. The normalized spacial score (nSPS) is 12.0. The molecule has 96 valence electrons.